The molecular weight excluding hydrogens is 202 g/mol. The molecule has 0 heterocycles. The van der Waals surface area contributed by atoms with Crippen LogP contribution in [0.25, 0.3) is 0 Å². The number of aliphatic hydroxyl groups is 1. The van der Waals surface area contributed by atoms with Crippen LogP contribution in [0.2, 0.25) is 0 Å². The lowest BCUT2D eigenvalue weighted by molar-refractivity contribution is -0.0275. The summed E-state index contributed by atoms with van der Waals surface area (Å²) in [5.41, 5.74) is 0. The third-order valence-corrected chi connectivity index (χ3v) is 3.16. The topological polar surface area (TPSA) is 41.5 Å². The Morgan fingerprint density at radius 3 is 2.75 bits per heavy atom. The SMILES string of the molecule is C=CCNCC(O)COC1CCC(C)CC1. The molecule has 94 valence electrons. The highest BCUT2D eigenvalue weighted by molar-refractivity contribution is 4.73. The minimum Gasteiger partial charge on any atom is -0.389 e. The van der Waals surface area contributed by atoms with Gasteiger partial charge in [0.1, 0.15) is 0 Å². The summed E-state index contributed by atoms with van der Waals surface area (Å²) >= 11 is 0. The van der Waals surface area contributed by atoms with Gasteiger partial charge in [0.05, 0.1) is 18.8 Å². The van der Waals surface area contributed by atoms with Crippen LogP contribution in [0.15, 0.2) is 12.7 Å². The first-order valence-electron chi connectivity index (χ1n) is 6.33. The van der Waals surface area contributed by atoms with Crippen LogP contribution in [0.4, 0.5) is 0 Å². The summed E-state index contributed by atoms with van der Waals surface area (Å²) in [6.45, 7) is 7.66. The average molecular weight is 227 g/mol. The van der Waals surface area contributed by atoms with E-state index in [1.54, 1.807) is 6.08 Å². The summed E-state index contributed by atoms with van der Waals surface area (Å²) < 4.78 is 5.71. The molecular formula is C13H25NO2. The van der Waals surface area contributed by atoms with Crippen LogP contribution in [0.5, 0.6) is 0 Å². The lowest BCUT2D eigenvalue weighted by Gasteiger charge is -2.27. The van der Waals surface area contributed by atoms with E-state index in [9.17, 15) is 5.11 Å². The van der Waals surface area contributed by atoms with Crippen LogP contribution in [0.1, 0.15) is 32.6 Å². The van der Waals surface area contributed by atoms with Gasteiger partial charge in [-0.3, -0.25) is 0 Å². The van der Waals surface area contributed by atoms with E-state index in [0.717, 1.165) is 25.3 Å². The first kappa shape index (κ1) is 13.7. The molecule has 0 aliphatic heterocycles. The molecule has 1 atom stereocenters. The van der Waals surface area contributed by atoms with Crippen LogP contribution in [-0.4, -0.2) is 37.0 Å². The molecule has 1 aliphatic carbocycles. The van der Waals surface area contributed by atoms with E-state index >= 15 is 0 Å². The Morgan fingerprint density at radius 2 is 2.12 bits per heavy atom. The van der Waals surface area contributed by atoms with E-state index in [1.807, 2.05) is 0 Å². The van der Waals surface area contributed by atoms with E-state index in [0.29, 0.717) is 19.3 Å². The molecule has 0 spiro atoms. The molecule has 0 aromatic heterocycles. The van der Waals surface area contributed by atoms with E-state index in [4.69, 9.17) is 4.74 Å². The smallest absolute Gasteiger partial charge is 0.0897 e. The van der Waals surface area contributed by atoms with Gasteiger partial charge in [-0.2, -0.15) is 0 Å². The average Bonchev–Trinajstić information content (AvgIpc) is 2.29. The van der Waals surface area contributed by atoms with Gasteiger partial charge in [0.25, 0.3) is 0 Å². The second kappa shape index (κ2) is 7.82. The quantitative estimate of drug-likeness (QED) is 0.514. The molecule has 1 rings (SSSR count). The van der Waals surface area contributed by atoms with Crippen molar-refractivity contribution < 1.29 is 9.84 Å². The highest BCUT2D eigenvalue weighted by Gasteiger charge is 2.19. The molecule has 1 aliphatic rings. The number of hydrogen-bond donors (Lipinski definition) is 2. The second-order valence-corrected chi connectivity index (χ2v) is 4.82. The van der Waals surface area contributed by atoms with Gasteiger partial charge in [-0.1, -0.05) is 13.0 Å². The lowest BCUT2D eigenvalue weighted by Crippen LogP contribution is -2.32. The highest BCUT2D eigenvalue weighted by Crippen LogP contribution is 2.25. The van der Waals surface area contributed by atoms with Crippen molar-refractivity contribution in [3.05, 3.63) is 12.7 Å². The standard InChI is InChI=1S/C13H25NO2/c1-3-8-14-9-12(15)10-16-13-6-4-11(2)5-7-13/h3,11-15H,1,4-10H2,2H3. The van der Waals surface area contributed by atoms with Gasteiger partial charge >= 0.3 is 0 Å². The third-order valence-electron chi connectivity index (χ3n) is 3.16. The van der Waals surface area contributed by atoms with Crippen molar-refractivity contribution in [2.45, 2.75) is 44.8 Å². The van der Waals surface area contributed by atoms with Gasteiger partial charge in [0.15, 0.2) is 0 Å². The zero-order chi connectivity index (χ0) is 11.8. The van der Waals surface area contributed by atoms with Crippen molar-refractivity contribution >= 4 is 0 Å². The number of rotatable bonds is 7. The van der Waals surface area contributed by atoms with Crippen LogP contribution < -0.4 is 5.32 Å². The molecule has 0 bridgehead atoms. The number of aliphatic hydroxyl groups excluding tert-OH is 1. The Morgan fingerprint density at radius 1 is 1.44 bits per heavy atom. The normalized spacial score (nSPS) is 27.6. The van der Waals surface area contributed by atoms with E-state index < -0.39 is 6.10 Å². The lowest BCUT2D eigenvalue weighted by atomic mass is 9.89. The minimum absolute atomic E-state index is 0.366. The molecule has 0 aromatic rings. The Hall–Kier alpha value is -0.380. The maximum absolute atomic E-state index is 9.64. The van der Waals surface area contributed by atoms with Gasteiger partial charge in [0.2, 0.25) is 0 Å². The van der Waals surface area contributed by atoms with Crippen molar-refractivity contribution in [3.63, 3.8) is 0 Å². The molecule has 1 saturated carbocycles. The van der Waals surface area contributed by atoms with Gasteiger partial charge in [-0.15, -0.1) is 6.58 Å². The largest absolute Gasteiger partial charge is 0.389 e. The molecule has 0 amide bonds. The fourth-order valence-electron chi connectivity index (χ4n) is 2.05. The number of nitrogens with one attached hydrogen (secondary N) is 1. The van der Waals surface area contributed by atoms with E-state index in [-0.39, 0.29) is 0 Å². The minimum atomic E-state index is -0.403. The molecule has 0 radical (unpaired) electrons. The predicted octanol–water partition coefficient (Wildman–Crippen LogP) is 1.72. The van der Waals surface area contributed by atoms with Crippen molar-refractivity contribution in [1.29, 1.82) is 0 Å². The van der Waals surface area contributed by atoms with Crippen LogP contribution >= 0.6 is 0 Å². The summed E-state index contributed by atoms with van der Waals surface area (Å²) in [5, 5.41) is 12.7. The Bertz CT molecular complexity index is 188. The zero-order valence-electron chi connectivity index (χ0n) is 10.3. The summed E-state index contributed by atoms with van der Waals surface area (Å²) in [5.74, 6) is 0.846. The summed E-state index contributed by atoms with van der Waals surface area (Å²) in [6, 6.07) is 0. The van der Waals surface area contributed by atoms with Crippen molar-refractivity contribution in [1.82, 2.24) is 5.32 Å². The van der Waals surface area contributed by atoms with Crippen LogP contribution in [0.3, 0.4) is 0 Å². The van der Waals surface area contributed by atoms with Crippen molar-refractivity contribution in [2.75, 3.05) is 19.7 Å². The molecule has 0 aromatic carbocycles. The Kier molecular flexibility index (Phi) is 6.69. The summed E-state index contributed by atoms with van der Waals surface area (Å²) in [4.78, 5) is 0. The summed E-state index contributed by atoms with van der Waals surface area (Å²) in [6.07, 6.45) is 6.56. The van der Waals surface area contributed by atoms with Gasteiger partial charge in [-0.25, -0.2) is 0 Å². The molecule has 16 heavy (non-hydrogen) atoms. The molecule has 1 unspecified atom stereocenters. The van der Waals surface area contributed by atoms with E-state index in [2.05, 4.69) is 18.8 Å². The summed E-state index contributed by atoms with van der Waals surface area (Å²) in [7, 11) is 0. The maximum Gasteiger partial charge on any atom is 0.0897 e. The predicted molar refractivity (Wildman–Crippen MR) is 66.4 cm³/mol. The Labute approximate surface area is 98.9 Å². The fraction of sp³-hybridized carbons (Fsp3) is 0.846. The zero-order valence-corrected chi connectivity index (χ0v) is 10.3. The Balaban J connectivity index is 2.02. The third kappa shape index (κ3) is 5.64. The second-order valence-electron chi connectivity index (χ2n) is 4.82. The number of ether oxygens (including phenoxy) is 1. The van der Waals surface area contributed by atoms with Gasteiger partial charge in [0, 0.05) is 13.1 Å². The van der Waals surface area contributed by atoms with Crippen molar-refractivity contribution in [2.24, 2.45) is 5.92 Å². The first-order valence-corrected chi connectivity index (χ1v) is 6.33. The van der Waals surface area contributed by atoms with Crippen LogP contribution in [-0.2, 0) is 4.74 Å². The van der Waals surface area contributed by atoms with Crippen LogP contribution in [0, 0.1) is 5.92 Å². The number of hydrogen-bond acceptors (Lipinski definition) is 3. The molecule has 3 nitrogen and oxygen atoms in total. The maximum atomic E-state index is 9.64. The molecule has 3 heteroatoms. The fourth-order valence-corrected chi connectivity index (χ4v) is 2.05. The highest BCUT2D eigenvalue weighted by atomic mass is 16.5. The van der Waals surface area contributed by atoms with Gasteiger partial charge in [-0.05, 0) is 31.6 Å². The van der Waals surface area contributed by atoms with Crippen molar-refractivity contribution in [3.8, 4) is 0 Å². The van der Waals surface area contributed by atoms with E-state index in [1.165, 1.54) is 12.8 Å². The monoisotopic (exact) mass is 227 g/mol. The first-order chi connectivity index (χ1) is 7.72. The molecule has 0 saturated heterocycles. The van der Waals surface area contributed by atoms with Gasteiger partial charge < -0.3 is 15.2 Å². The molecule has 1 fully saturated rings. The molecule has 2 N–H and O–H groups in total.